The van der Waals surface area contributed by atoms with Gasteiger partial charge >= 0.3 is 6.03 Å². The van der Waals surface area contributed by atoms with Gasteiger partial charge in [0, 0.05) is 45.2 Å². The summed E-state index contributed by atoms with van der Waals surface area (Å²) in [6.07, 6.45) is 1.31. The highest BCUT2D eigenvalue weighted by Crippen LogP contribution is 2.24. The normalized spacial score (nSPS) is 15.4. The van der Waals surface area contributed by atoms with E-state index in [1.165, 1.54) is 0 Å². The average molecular weight is 364 g/mol. The second-order valence-electron chi connectivity index (χ2n) is 6.56. The number of urea groups is 1. The van der Waals surface area contributed by atoms with E-state index in [0.29, 0.717) is 36.9 Å². The minimum atomic E-state index is -0.116. The maximum absolute atomic E-state index is 12.6. The van der Waals surface area contributed by atoms with Crippen LogP contribution in [0.3, 0.4) is 0 Å². The predicted octanol–water partition coefficient (Wildman–Crippen LogP) is 2.56. The fourth-order valence-corrected chi connectivity index (χ4v) is 3.28. The van der Waals surface area contributed by atoms with Gasteiger partial charge in [0.25, 0.3) is 0 Å². The van der Waals surface area contributed by atoms with Gasteiger partial charge in [-0.3, -0.25) is 10.1 Å². The van der Waals surface area contributed by atoms with Crippen molar-refractivity contribution in [3.8, 4) is 0 Å². The lowest BCUT2D eigenvalue weighted by molar-refractivity contribution is -0.121. The Balaban J connectivity index is 1.66. The van der Waals surface area contributed by atoms with Gasteiger partial charge in [-0.15, -0.1) is 0 Å². The lowest BCUT2D eigenvalue weighted by Crippen LogP contribution is -2.45. The molecule has 0 spiro atoms. The molecule has 7 nitrogen and oxygen atoms in total. The molecule has 3 rings (SSSR count). The van der Waals surface area contributed by atoms with Crippen LogP contribution in [0.15, 0.2) is 18.2 Å². The summed E-state index contributed by atoms with van der Waals surface area (Å²) in [5.41, 5.74) is 1.66. The molecule has 1 aromatic carbocycles. The molecule has 2 aromatic rings. The van der Waals surface area contributed by atoms with Gasteiger partial charge in [0.2, 0.25) is 11.9 Å². The molecule has 8 heteroatoms. The number of hydrogen-bond acceptors (Lipinski definition) is 3. The number of aryl methyl sites for hydroxylation is 1. The topological polar surface area (TPSA) is 70.5 Å². The number of carbonyl (C=O) groups is 2. The summed E-state index contributed by atoms with van der Waals surface area (Å²) >= 11 is 6.00. The minimum Gasteiger partial charge on any atom is -0.331 e. The van der Waals surface area contributed by atoms with Crippen molar-refractivity contribution in [3.05, 3.63) is 23.2 Å². The number of benzene rings is 1. The summed E-state index contributed by atoms with van der Waals surface area (Å²) in [6.45, 7) is 1.18. The van der Waals surface area contributed by atoms with Gasteiger partial charge in [0.1, 0.15) is 0 Å². The van der Waals surface area contributed by atoms with Crippen molar-refractivity contribution in [2.75, 3.05) is 32.5 Å². The van der Waals surface area contributed by atoms with Crippen LogP contribution in [-0.4, -0.2) is 58.5 Å². The Morgan fingerprint density at radius 2 is 1.96 bits per heavy atom. The number of hydrogen-bond donors (Lipinski definition) is 1. The van der Waals surface area contributed by atoms with Crippen LogP contribution in [0.25, 0.3) is 11.0 Å². The maximum Gasteiger partial charge on any atom is 0.319 e. The largest absolute Gasteiger partial charge is 0.331 e. The van der Waals surface area contributed by atoms with Gasteiger partial charge < -0.3 is 14.4 Å². The van der Waals surface area contributed by atoms with Crippen LogP contribution in [0.5, 0.6) is 0 Å². The summed E-state index contributed by atoms with van der Waals surface area (Å²) in [4.78, 5) is 32.3. The highest BCUT2D eigenvalue weighted by atomic mass is 35.5. The molecule has 0 aliphatic carbocycles. The number of aromatic nitrogens is 2. The van der Waals surface area contributed by atoms with Gasteiger partial charge in [-0.2, -0.15) is 0 Å². The molecule has 0 atom stereocenters. The zero-order chi connectivity index (χ0) is 18.1. The van der Waals surface area contributed by atoms with E-state index in [0.717, 1.165) is 11.0 Å². The van der Waals surface area contributed by atoms with E-state index in [9.17, 15) is 9.59 Å². The highest BCUT2D eigenvalue weighted by molar-refractivity contribution is 6.31. The zero-order valence-electron chi connectivity index (χ0n) is 14.6. The summed E-state index contributed by atoms with van der Waals surface area (Å²) in [6, 6.07) is 5.45. The molecule has 0 bridgehead atoms. The van der Waals surface area contributed by atoms with Gasteiger partial charge in [-0.05, 0) is 31.0 Å². The van der Waals surface area contributed by atoms with E-state index in [1.807, 2.05) is 17.7 Å². The average Bonchev–Trinajstić information content (AvgIpc) is 2.89. The molecule has 1 N–H and O–H groups in total. The molecule has 0 radical (unpaired) electrons. The first-order chi connectivity index (χ1) is 11.9. The molecule has 0 saturated carbocycles. The van der Waals surface area contributed by atoms with Crippen molar-refractivity contribution < 1.29 is 9.59 Å². The van der Waals surface area contributed by atoms with Gasteiger partial charge in [0.05, 0.1) is 11.0 Å². The molecule has 1 saturated heterocycles. The molecule has 0 unspecified atom stereocenters. The SMILES string of the molecule is CN(C)C(=O)N1CCC(C(=O)Nc2nc3cc(Cl)ccc3n2C)CC1. The molecular weight excluding hydrogens is 342 g/mol. The van der Waals surface area contributed by atoms with Crippen LogP contribution in [0.4, 0.5) is 10.7 Å². The van der Waals surface area contributed by atoms with E-state index in [1.54, 1.807) is 36.0 Å². The first-order valence-electron chi connectivity index (χ1n) is 8.26. The lowest BCUT2D eigenvalue weighted by Gasteiger charge is -2.32. The first-order valence-corrected chi connectivity index (χ1v) is 8.63. The second-order valence-corrected chi connectivity index (χ2v) is 6.99. The van der Waals surface area contributed by atoms with Gasteiger partial charge in [-0.25, -0.2) is 9.78 Å². The van der Waals surface area contributed by atoms with E-state index in [-0.39, 0.29) is 17.9 Å². The van der Waals surface area contributed by atoms with Crippen LogP contribution < -0.4 is 5.32 Å². The van der Waals surface area contributed by atoms with Crippen molar-refractivity contribution >= 4 is 40.5 Å². The quantitative estimate of drug-likeness (QED) is 0.891. The van der Waals surface area contributed by atoms with E-state index >= 15 is 0 Å². The number of nitrogens with one attached hydrogen (secondary N) is 1. The fraction of sp³-hybridized carbons (Fsp3) is 0.471. The minimum absolute atomic E-state index is 0.00825. The van der Waals surface area contributed by atoms with Gasteiger partial charge in [-0.1, -0.05) is 11.6 Å². The Kier molecular flexibility index (Phi) is 4.85. The van der Waals surface area contributed by atoms with Crippen LogP contribution in [0.1, 0.15) is 12.8 Å². The Morgan fingerprint density at radius 1 is 1.28 bits per heavy atom. The third kappa shape index (κ3) is 3.56. The summed E-state index contributed by atoms with van der Waals surface area (Å²) in [7, 11) is 5.33. The standard InChI is InChI=1S/C17H22ClN5O2/c1-21(2)17(25)23-8-6-11(7-9-23)15(24)20-16-19-13-10-12(18)4-5-14(13)22(16)3/h4-5,10-11H,6-9H2,1-3H3,(H,19,20,24). The number of piperidine rings is 1. The monoisotopic (exact) mass is 363 g/mol. The van der Waals surface area contributed by atoms with Crippen LogP contribution in [0, 0.1) is 5.92 Å². The zero-order valence-corrected chi connectivity index (χ0v) is 15.4. The molecule has 1 fully saturated rings. The number of halogens is 1. The Bertz CT molecular complexity index is 809. The summed E-state index contributed by atoms with van der Waals surface area (Å²) in [5, 5.41) is 3.52. The first kappa shape index (κ1) is 17.5. The van der Waals surface area contributed by atoms with Crippen LogP contribution >= 0.6 is 11.6 Å². The van der Waals surface area contributed by atoms with E-state index in [4.69, 9.17) is 11.6 Å². The third-order valence-corrected chi connectivity index (χ3v) is 4.83. The van der Waals surface area contributed by atoms with Crippen LogP contribution in [-0.2, 0) is 11.8 Å². The molecule has 134 valence electrons. The smallest absolute Gasteiger partial charge is 0.319 e. The lowest BCUT2D eigenvalue weighted by atomic mass is 9.96. The number of rotatable bonds is 2. The Morgan fingerprint density at radius 3 is 2.60 bits per heavy atom. The van der Waals surface area contributed by atoms with Crippen molar-refractivity contribution in [3.63, 3.8) is 0 Å². The molecular formula is C17H22ClN5O2. The summed E-state index contributed by atoms with van der Waals surface area (Å²) < 4.78 is 1.84. The number of nitrogens with zero attached hydrogens (tertiary/aromatic N) is 4. The number of anilines is 1. The van der Waals surface area contributed by atoms with E-state index < -0.39 is 0 Å². The van der Waals surface area contributed by atoms with Crippen LogP contribution in [0.2, 0.25) is 5.02 Å². The van der Waals surface area contributed by atoms with Crippen molar-refractivity contribution in [1.82, 2.24) is 19.4 Å². The molecule has 3 amide bonds. The molecule has 2 heterocycles. The number of carbonyl (C=O) groups excluding carboxylic acids is 2. The van der Waals surface area contributed by atoms with Crippen molar-refractivity contribution in [1.29, 1.82) is 0 Å². The second kappa shape index (κ2) is 6.92. The molecule has 1 aliphatic heterocycles. The Labute approximate surface area is 151 Å². The van der Waals surface area contributed by atoms with Crippen molar-refractivity contribution in [2.24, 2.45) is 13.0 Å². The Hall–Kier alpha value is -2.28. The molecule has 1 aliphatic rings. The fourth-order valence-electron chi connectivity index (χ4n) is 3.11. The summed E-state index contributed by atoms with van der Waals surface area (Å²) in [5.74, 6) is 0.338. The highest BCUT2D eigenvalue weighted by Gasteiger charge is 2.28. The third-order valence-electron chi connectivity index (χ3n) is 4.60. The number of amides is 3. The number of fused-ring (bicyclic) bond motifs is 1. The molecule has 1 aromatic heterocycles. The van der Waals surface area contributed by atoms with Gasteiger partial charge in [0.15, 0.2) is 0 Å². The molecule has 25 heavy (non-hydrogen) atoms. The number of likely N-dealkylation sites (tertiary alicyclic amines) is 1. The van der Waals surface area contributed by atoms with E-state index in [2.05, 4.69) is 10.3 Å². The maximum atomic E-state index is 12.6. The number of imidazole rings is 1. The van der Waals surface area contributed by atoms with Crippen molar-refractivity contribution in [2.45, 2.75) is 12.8 Å². The predicted molar refractivity (Wildman–Crippen MR) is 97.7 cm³/mol.